The summed E-state index contributed by atoms with van der Waals surface area (Å²) in [5, 5.41) is 13.4. The molecule has 4 atom stereocenters. The molecule has 2 fully saturated rings. The highest BCUT2D eigenvalue weighted by Gasteiger charge is 2.65. The summed E-state index contributed by atoms with van der Waals surface area (Å²) in [5.41, 5.74) is 1.25. The number of nitro groups is 1. The summed E-state index contributed by atoms with van der Waals surface area (Å²) in [6.45, 7) is 1.78. The van der Waals surface area contributed by atoms with Gasteiger partial charge in [-0.25, -0.2) is 9.69 Å². The van der Waals surface area contributed by atoms with Gasteiger partial charge in [0.15, 0.2) is 0 Å². The summed E-state index contributed by atoms with van der Waals surface area (Å²) in [6.07, 6.45) is 3.76. The van der Waals surface area contributed by atoms with Crippen LogP contribution < -0.4 is 9.80 Å². The van der Waals surface area contributed by atoms with Gasteiger partial charge in [-0.1, -0.05) is 54.1 Å². The van der Waals surface area contributed by atoms with E-state index in [4.69, 9.17) is 16.3 Å². The largest absolute Gasteiger partial charge is 0.464 e. The van der Waals surface area contributed by atoms with Gasteiger partial charge in [-0.3, -0.25) is 19.7 Å². The lowest BCUT2D eigenvalue weighted by atomic mass is 9.88. The molecular weight excluding hydrogens is 498 g/mol. The first-order valence-electron chi connectivity index (χ1n) is 11.8. The number of nitrogens with zero attached hydrogens (tertiary/aromatic N) is 3. The Morgan fingerprint density at radius 3 is 2.57 bits per heavy atom. The summed E-state index contributed by atoms with van der Waals surface area (Å²) in [6, 6.07) is 13.6. The first-order chi connectivity index (χ1) is 17.8. The number of rotatable bonds is 4. The van der Waals surface area contributed by atoms with Crippen LogP contribution in [0.3, 0.4) is 0 Å². The first-order valence-corrected chi connectivity index (χ1v) is 12.2. The van der Waals surface area contributed by atoms with Crippen LogP contribution in [-0.2, 0) is 19.1 Å². The second-order valence-corrected chi connectivity index (χ2v) is 9.54. The molecule has 0 spiro atoms. The molecule has 0 bridgehead atoms. The Morgan fingerprint density at radius 2 is 1.81 bits per heavy atom. The Labute approximate surface area is 216 Å². The van der Waals surface area contributed by atoms with Gasteiger partial charge in [-0.05, 0) is 29.8 Å². The minimum Gasteiger partial charge on any atom is -0.464 e. The van der Waals surface area contributed by atoms with E-state index in [9.17, 15) is 24.5 Å². The maximum absolute atomic E-state index is 13.8. The van der Waals surface area contributed by atoms with Crippen LogP contribution in [0.4, 0.5) is 17.1 Å². The fourth-order valence-electron chi connectivity index (χ4n) is 5.85. The zero-order valence-corrected chi connectivity index (χ0v) is 20.3. The third kappa shape index (κ3) is 3.27. The maximum atomic E-state index is 13.8. The number of benzene rings is 3. The van der Waals surface area contributed by atoms with Crippen molar-refractivity contribution in [1.29, 1.82) is 0 Å². The molecule has 0 saturated carbocycles. The molecule has 3 aromatic rings. The van der Waals surface area contributed by atoms with Crippen molar-refractivity contribution in [1.82, 2.24) is 0 Å². The third-order valence-electron chi connectivity index (χ3n) is 7.32. The number of ether oxygens (including phenoxy) is 1. The van der Waals surface area contributed by atoms with Crippen molar-refractivity contribution in [3.05, 3.63) is 81.4 Å². The highest BCUT2D eigenvalue weighted by Crippen LogP contribution is 2.51. The van der Waals surface area contributed by atoms with Crippen molar-refractivity contribution in [2.45, 2.75) is 19.0 Å². The predicted molar refractivity (Wildman–Crippen MR) is 137 cm³/mol. The lowest BCUT2D eigenvalue weighted by molar-refractivity contribution is -0.384. The van der Waals surface area contributed by atoms with Gasteiger partial charge in [-0.15, -0.1) is 0 Å². The molecule has 0 aromatic heterocycles. The van der Waals surface area contributed by atoms with Gasteiger partial charge in [0, 0.05) is 23.4 Å². The number of amides is 2. The van der Waals surface area contributed by atoms with Crippen molar-refractivity contribution in [3.63, 3.8) is 0 Å². The molecule has 10 heteroatoms. The molecule has 0 unspecified atom stereocenters. The van der Waals surface area contributed by atoms with Gasteiger partial charge < -0.3 is 9.64 Å². The lowest BCUT2D eigenvalue weighted by Gasteiger charge is -2.36. The van der Waals surface area contributed by atoms with Crippen molar-refractivity contribution in [3.8, 4) is 0 Å². The normalized spacial score (nSPS) is 23.7. The number of halogens is 1. The van der Waals surface area contributed by atoms with Crippen LogP contribution >= 0.6 is 11.6 Å². The summed E-state index contributed by atoms with van der Waals surface area (Å²) < 4.78 is 5.38. The molecule has 3 heterocycles. The molecule has 6 rings (SSSR count). The van der Waals surface area contributed by atoms with Crippen LogP contribution in [0.2, 0.25) is 5.02 Å². The highest BCUT2D eigenvalue weighted by atomic mass is 35.5. The molecule has 2 amide bonds. The molecule has 0 aliphatic carbocycles. The number of imide groups is 1. The average Bonchev–Trinajstić information content (AvgIpc) is 3.37. The number of carbonyl (C=O) groups excluding carboxylic acids is 3. The van der Waals surface area contributed by atoms with E-state index in [-0.39, 0.29) is 23.0 Å². The second kappa shape index (κ2) is 8.41. The Balaban J connectivity index is 1.50. The topological polar surface area (TPSA) is 110 Å². The summed E-state index contributed by atoms with van der Waals surface area (Å²) >= 11 is 6.29. The van der Waals surface area contributed by atoms with Crippen molar-refractivity contribution in [2.75, 3.05) is 16.4 Å². The number of anilines is 2. The van der Waals surface area contributed by atoms with Gasteiger partial charge >= 0.3 is 5.97 Å². The molecule has 2 saturated heterocycles. The van der Waals surface area contributed by atoms with E-state index < -0.39 is 46.6 Å². The second-order valence-electron chi connectivity index (χ2n) is 9.13. The smallest absolute Gasteiger partial charge is 0.329 e. The molecule has 9 nitrogen and oxygen atoms in total. The van der Waals surface area contributed by atoms with E-state index in [1.165, 1.54) is 12.1 Å². The number of fused-ring (bicyclic) bond motifs is 7. The quantitative estimate of drug-likeness (QED) is 0.219. The number of non-ortho nitro benzene ring substituents is 1. The highest BCUT2D eigenvalue weighted by molar-refractivity contribution is 6.36. The van der Waals surface area contributed by atoms with Gasteiger partial charge in [-0.2, -0.15) is 0 Å². The number of esters is 1. The van der Waals surface area contributed by atoms with Gasteiger partial charge in [0.1, 0.15) is 6.04 Å². The zero-order chi connectivity index (χ0) is 26.0. The van der Waals surface area contributed by atoms with E-state index in [1.807, 2.05) is 53.5 Å². The number of carbonyl (C=O) groups is 3. The Hall–Kier alpha value is -4.24. The lowest BCUT2D eigenvalue weighted by Crippen LogP contribution is -2.49. The van der Waals surface area contributed by atoms with Crippen LogP contribution in [0.5, 0.6) is 0 Å². The third-order valence-corrected chi connectivity index (χ3v) is 7.64. The van der Waals surface area contributed by atoms with Crippen LogP contribution in [0.15, 0.2) is 60.7 Å². The van der Waals surface area contributed by atoms with E-state index in [2.05, 4.69) is 0 Å². The van der Waals surface area contributed by atoms with E-state index >= 15 is 0 Å². The fraction of sp³-hybridized carbons (Fsp3) is 0.222. The molecule has 3 aromatic carbocycles. The van der Waals surface area contributed by atoms with Crippen LogP contribution in [-0.4, -0.2) is 41.4 Å². The van der Waals surface area contributed by atoms with Gasteiger partial charge in [0.2, 0.25) is 11.8 Å². The maximum Gasteiger partial charge on any atom is 0.329 e. The Bertz CT molecular complexity index is 1550. The van der Waals surface area contributed by atoms with E-state index in [0.29, 0.717) is 0 Å². The van der Waals surface area contributed by atoms with E-state index in [1.54, 1.807) is 6.92 Å². The van der Waals surface area contributed by atoms with Crippen LogP contribution in [0.1, 0.15) is 12.5 Å². The molecular formula is C27H20ClN3O6. The minimum atomic E-state index is -1.06. The summed E-state index contributed by atoms with van der Waals surface area (Å²) in [4.78, 5) is 54.4. The van der Waals surface area contributed by atoms with E-state index in [0.717, 1.165) is 33.0 Å². The Morgan fingerprint density at radius 1 is 1.05 bits per heavy atom. The summed E-state index contributed by atoms with van der Waals surface area (Å²) in [7, 11) is 0. The number of nitro benzene ring substituents is 1. The fourth-order valence-corrected chi connectivity index (χ4v) is 6.05. The monoisotopic (exact) mass is 517 g/mol. The van der Waals surface area contributed by atoms with Crippen LogP contribution in [0, 0.1) is 22.0 Å². The zero-order valence-electron chi connectivity index (χ0n) is 19.5. The number of hydrogen-bond acceptors (Lipinski definition) is 7. The standard InChI is InChI=1S/C27H20ClN3O6/c1-2-37-27(34)24-23-22(25(32)30(26(23)33)21-13-15(31(35)36)8-10-18(21)28)20-12-9-17-16-6-4-3-5-14(16)7-11-19(17)29(20)24/h3-13,20,22-24H,2H2,1H3/t20-,22-,23-,24-/m1/s1. The van der Waals surface area contributed by atoms with Crippen molar-refractivity contribution < 1.29 is 24.0 Å². The van der Waals surface area contributed by atoms with Gasteiger partial charge in [0.25, 0.3) is 5.69 Å². The van der Waals surface area contributed by atoms with Crippen molar-refractivity contribution in [2.24, 2.45) is 11.8 Å². The van der Waals surface area contributed by atoms with Crippen LogP contribution in [0.25, 0.3) is 16.8 Å². The predicted octanol–water partition coefficient (Wildman–Crippen LogP) is 4.35. The molecule has 3 aliphatic heterocycles. The molecule has 186 valence electrons. The average molecular weight is 518 g/mol. The first kappa shape index (κ1) is 23.2. The minimum absolute atomic E-state index is 0.0211. The number of hydrogen-bond donors (Lipinski definition) is 0. The Kier molecular flexibility index (Phi) is 5.27. The summed E-state index contributed by atoms with van der Waals surface area (Å²) in [5.74, 6) is -3.75. The van der Waals surface area contributed by atoms with Crippen molar-refractivity contribution >= 4 is 63.3 Å². The molecule has 37 heavy (non-hydrogen) atoms. The molecule has 0 radical (unpaired) electrons. The SMILES string of the molecule is CCOC(=O)[C@H]1[C@@H]2C(=O)N(c3cc([N+](=O)[O-])ccc3Cl)C(=O)[C@@H]2[C@H]2C=Cc3c(ccc4ccccc34)N21. The van der Waals surface area contributed by atoms with Gasteiger partial charge in [0.05, 0.1) is 40.1 Å². The molecule has 0 N–H and O–H groups in total. The molecule has 3 aliphatic rings.